The van der Waals surface area contributed by atoms with Crippen LogP contribution < -0.4 is 14.8 Å². The maximum Gasteiger partial charge on any atom is 0.261 e. The molecule has 2 rings (SSSR count). The van der Waals surface area contributed by atoms with Crippen molar-refractivity contribution in [3.05, 3.63) is 47.7 Å². The molecule has 0 radical (unpaired) electrons. The Labute approximate surface area is 166 Å². The zero-order valence-electron chi connectivity index (χ0n) is 16.5. The maximum atomic E-state index is 12.6. The highest BCUT2D eigenvalue weighted by Crippen LogP contribution is 2.21. The standard InChI is InChI=1S/C20H28FN3O3S/c1-15(2)22-13-14-27-20-11-10-19(16(3)23-20)24-28(25,26)18-8-6-17(7-9-18)5-4-12-21/h6-11,15,22,24H,4-5,12-14H2,1-3H3. The number of nitrogens with zero attached hydrogens (tertiary/aromatic N) is 1. The summed E-state index contributed by atoms with van der Waals surface area (Å²) < 4.78 is 45.6. The Bertz CT molecular complexity index is 855. The number of pyridine rings is 1. The van der Waals surface area contributed by atoms with E-state index in [1.807, 2.05) is 0 Å². The Kier molecular flexibility index (Phi) is 8.19. The van der Waals surface area contributed by atoms with Gasteiger partial charge in [-0.25, -0.2) is 13.4 Å². The molecule has 6 nitrogen and oxygen atoms in total. The summed E-state index contributed by atoms with van der Waals surface area (Å²) in [6.45, 7) is 6.62. The van der Waals surface area contributed by atoms with E-state index in [-0.39, 0.29) is 11.6 Å². The third kappa shape index (κ3) is 6.76. The normalized spacial score (nSPS) is 11.6. The number of nitrogens with one attached hydrogen (secondary N) is 2. The van der Waals surface area contributed by atoms with E-state index in [0.29, 0.717) is 49.3 Å². The van der Waals surface area contributed by atoms with Crippen LogP contribution in [0.2, 0.25) is 0 Å². The summed E-state index contributed by atoms with van der Waals surface area (Å²) in [4.78, 5) is 4.45. The van der Waals surface area contributed by atoms with Crippen LogP contribution in [0.25, 0.3) is 0 Å². The molecule has 0 saturated carbocycles. The number of alkyl halides is 1. The Morgan fingerprint density at radius 3 is 2.46 bits per heavy atom. The lowest BCUT2D eigenvalue weighted by molar-refractivity contribution is 0.297. The van der Waals surface area contributed by atoms with Gasteiger partial charge in [-0.15, -0.1) is 0 Å². The number of anilines is 1. The van der Waals surface area contributed by atoms with Gasteiger partial charge in [0.05, 0.1) is 23.0 Å². The van der Waals surface area contributed by atoms with Crippen LogP contribution in [0.4, 0.5) is 10.1 Å². The van der Waals surface area contributed by atoms with Crippen molar-refractivity contribution in [1.29, 1.82) is 0 Å². The van der Waals surface area contributed by atoms with Crippen molar-refractivity contribution >= 4 is 15.7 Å². The minimum absolute atomic E-state index is 0.149. The van der Waals surface area contributed by atoms with Gasteiger partial charge in [0.15, 0.2) is 0 Å². The lowest BCUT2D eigenvalue weighted by Crippen LogP contribution is -2.27. The van der Waals surface area contributed by atoms with Gasteiger partial charge in [-0.05, 0) is 43.5 Å². The smallest absolute Gasteiger partial charge is 0.261 e. The van der Waals surface area contributed by atoms with Gasteiger partial charge in [-0.1, -0.05) is 26.0 Å². The van der Waals surface area contributed by atoms with E-state index >= 15 is 0 Å². The van der Waals surface area contributed by atoms with Crippen LogP contribution in [-0.2, 0) is 16.4 Å². The zero-order valence-corrected chi connectivity index (χ0v) is 17.4. The maximum absolute atomic E-state index is 12.6. The molecule has 0 aliphatic rings. The summed E-state index contributed by atoms with van der Waals surface area (Å²) in [5.74, 6) is 0.447. The molecule has 1 aromatic carbocycles. The van der Waals surface area contributed by atoms with Gasteiger partial charge in [0, 0.05) is 18.7 Å². The monoisotopic (exact) mass is 409 g/mol. The van der Waals surface area contributed by atoms with Crippen molar-refractivity contribution in [3.63, 3.8) is 0 Å². The van der Waals surface area contributed by atoms with Crippen LogP contribution in [-0.4, -0.2) is 39.3 Å². The Balaban J connectivity index is 2.01. The molecule has 1 aromatic heterocycles. The largest absolute Gasteiger partial charge is 0.476 e. The number of aromatic nitrogens is 1. The third-order valence-electron chi connectivity index (χ3n) is 4.04. The van der Waals surface area contributed by atoms with E-state index in [1.54, 1.807) is 31.2 Å². The molecular formula is C20H28FN3O3S. The summed E-state index contributed by atoms with van der Waals surface area (Å²) in [7, 11) is -3.73. The molecule has 8 heteroatoms. The minimum atomic E-state index is -3.73. The molecule has 2 aromatic rings. The van der Waals surface area contributed by atoms with Gasteiger partial charge in [0.25, 0.3) is 10.0 Å². The molecule has 0 aliphatic heterocycles. The summed E-state index contributed by atoms with van der Waals surface area (Å²) in [5.41, 5.74) is 1.83. The van der Waals surface area contributed by atoms with E-state index in [1.165, 1.54) is 12.1 Å². The average molecular weight is 410 g/mol. The van der Waals surface area contributed by atoms with Gasteiger partial charge in [-0.3, -0.25) is 9.11 Å². The predicted octanol–water partition coefficient (Wildman–Crippen LogP) is 3.47. The quantitative estimate of drug-likeness (QED) is 0.556. The van der Waals surface area contributed by atoms with E-state index < -0.39 is 10.0 Å². The molecule has 0 bridgehead atoms. The minimum Gasteiger partial charge on any atom is -0.476 e. The van der Waals surface area contributed by atoms with Crippen molar-refractivity contribution in [3.8, 4) is 5.88 Å². The number of ether oxygens (including phenoxy) is 1. The molecule has 0 fully saturated rings. The van der Waals surface area contributed by atoms with Crippen LogP contribution in [0.5, 0.6) is 5.88 Å². The molecule has 0 saturated heterocycles. The number of sulfonamides is 1. The molecule has 0 aliphatic carbocycles. The Hall–Kier alpha value is -2.19. The summed E-state index contributed by atoms with van der Waals surface area (Å²) in [5, 5.41) is 3.24. The first-order valence-corrected chi connectivity index (χ1v) is 10.8. The predicted molar refractivity (Wildman–Crippen MR) is 109 cm³/mol. The van der Waals surface area contributed by atoms with Crippen molar-refractivity contribution in [1.82, 2.24) is 10.3 Å². The van der Waals surface area contributed by atoms with Gasteiger partial charge >= 0.3 is 0 Å². The molecule has 0 unspecified atom stereocenters. The highest BCUT2D eigenvalue weighted by molar-refractivity contribution is 7.92. The fourth-order valence-corrected chi connectivity index (χ4v) is 3.66. The first-order chi connectivity index (χ1) is 13.3. The fraction of sp³-hybridized carbons (Fsp3) is 0.450. The molecule has 0 spiro atoms. The van der Waals surface area contributed by atoms with Crippen LogP contribution in [0.15, 0.2) is 41.3 Å². The summed E-state index contributed by atoms with van der Waals surface area (Å²) in [6.07, 6.45) is 1.01. The highest BCUT2D eigenvalue weighted by Gasteiger charge is 2.16. The van der Waals surface area contributed by atoms with E-state index in [0.717, 1.165) is 5.56 Å². The number of halogens is 1. The summed E-state index contributed by atoms with van der Waals surface area (Å²) >= 11 is 0. The number of benzene rings is 1. The number of aryl methyl sites for hydroxylation is 2. The average Bonchev–Trinajstić information content (AvgIpc) is 2.65. The SMILES string of the molecule is Cc1nc(OCCNC(C)C)ccc1NS(=O)(=O)c1ccc(CCCF)cc1. The lowest BCUT2D eigenvalue weighted by atomic mass is 10.1. The molecule has 28 heavy (non-hydrogen) atoms. The van der Waals surface area contributed by atoms with Crippen molar-refractivity contribution in [2.45, 2.75) is 44.6 Å². The lowest BCUT2D eigenvalue weighted by Gasteiger charge is -2.13. The topological polar surface area (TPSA) is 80.3 Å². The first-order valence-electron chi connectivity index (χ1n) is 9.33. The van der Waals surface area contributed by atoms with Crippen LogP contribution in [0, 0.1) is 6.92 Å². The number of hydrogen-bond acceptors (Lipinski definition) is 5. The Morgan fingerprint density at radius 2 is 1.86 bits per heavy atom. The third-order valence-corrected chi connectivity index (χ3v) is 5.42. The first kappa shape index (κ1) is 22.1. The molecule has 154 valence electrons. The van der Waals surface area contributed by atoms with Crippen molar-refractivity contribution < 1.29 is 17.5 Å². The van der Waals surface area contributed by atoms with Gasteiger partial charge in [0.1, 0.15) is 6.61 Å². The second kappa shape index (κ2) is 10.4. The van der Waals surface area contributed by atoms with Crippen molar-refractivity contribution in [2.24, 2.45) is 0 Å². The van der Waals surface area contributed by atoms with E-state index in [4.69, 9.17) is 4.74 Å². The van der Waals surface area contributed by atoms with Crippen molar-refractivity contribution in [2.75, 3.05) is 24.5 Å². The van der Waals surface area contributed by atoms with Gasteiger partial charge in [-0.2, -0.15) is 0 Å². The van der Waals surface area contributed by atoms with Crippen LogP contribution >= 0.6 is 0 Å². The van der Waals surface area contributed by atoms with Gasteiger partial charge in [0.2, 0.25) is 5.88 Å². The molecule has 1 heterocycles. The van der Waals surface area contributed by atoms with Crippen LogP contribution in [0.1, 0.15) is 31.5 Å². The molecule has 0 amide bonds. The number of hydrogen-bond donors (Lipinski definition) is 2. The molecular weight excluding hydrogens is 381 g/mol. The Morgan fingerprint density at radius 1 is 1.14 bits per heavy atom. The fourth-order valence-electron chi connectivity index (χ4n) is 2.54. The second-order valence-electron chi connectivity index (χ2n) is 6.78. The second-order valence-corrected chi connectivity index (χ2v) is 8.46. The van der Waals surface area contributed by atoms with Gasteiger partial charge < -0.3 is 10.1 Å². The molecule has 0 atom stereocenters. The zero-order chi connectivity index (χ0) is 20.6. The van der Waals surface area contributed by atoms with Crippen LogP contribution in [0.3, 0.4) is 0 Å². The van der Waals surface area contributed by atoms with E-state index in [2.05, 4.69) is 28.9 Å². The highest BCUT2D eigenvalue weighted by atomic mass is 32.2. The number of rotatable bonds is 11. The van der Waals surface area contributed by atoms with E-state index in [9.17, 15) is 12.8 Å². The molecule has 2 N–H and O–H groups in total. The summed E-state index contributed by atoms with van der Waals surface area (Å²) in [6, 6.07) is 10.1.